The van der Waals surface area contributed by atoms with Gasteiger partial charge in [0, 0.05) is 50.0 Å². The highest BCUT2D eigenvalue weighted by molar-refractivity contribution is 5.94. The molecule has 2 aromatic carbocycles. The van der Waals surface area contributed by atoms with Gasteiger partial charge in [-0.05, 0) is 42.3 Å². The molecule has 4 rings (SSSR count). The molecule has 158 valence electrons. The van der Waals surface area contributed by atoms with Crippen LogP contribution in [0.2, 0.25) is 0 Å². The third-order valence-corrected chi connectivity index (χ3v) is 5.46. The first kappa shape index (κ1) is 20.1. The molecule has 0 aromatic heterocycles. The van der Waals surface area contributed by atoms with E-state index in [1.165, 1.54) is 6.07 Å². The van der Waals surface area contributed by atoms with Gasteiger partial charge in [-0.1, -0.05) is 0 Å². The maximum absolute atomic E-state index is 13.4. The molecule has 0 radical (unpaired) electrons. The summed E-state index contributed by atoms with van der Waals surface area (Å²) in [4.78, 5) is 27.6. The van der Waals surface area contributed by atoms with Gasteiger partial charge < -0.3 is 19.9 Å². The van der Waals surface area contributed by atoms with Crippen LogP contribution in [0, 0.1) is 11.6 Å². The number of nitrogens with one attached hydrogen (secondary N) is 1. The average Bonchev–Trinajstić information content (AvgIpc) is 2.76. The fourth-order valence-electron chi connectivity index (χ4n) is 3.76. The van der Waals surface area contributed by atoms with Crippen LogP contribution in [0.5, 0.6) is 5.75 Å². The maximum atomic E-state index is 13.4. The third-order valence-electron chi connectivity index (χ3n) is 5.46. The van der Waals surface area contributed by atoms with E-state index in [1.54, 1.807) is 17.0 Å². The van der Waals surface area contributed by atoms with E-state index >= 15 is 0 Å². The summed E-state index contributed by atoms with van der Waals surface area (Å²) in [6, 6.07) is 9.36. The standard InChI is InChI=1S/C22H23F2N3O3/c23-18-4-2-16(14-19(18)24)26-8-10-27(11-9-26)22(29)7-12-30-17-3-5-20-15(13-17)1-6-21(28)25-20/h2-5,13-14H,1,6-12H2,(H,25,28). The monoisotopic (exact) mass is 415 g/mol. The fraction of sp³-hybridized carbons (Fsp3) is 0.364. The van der Waals surface area contributed by atoms with Gasteiger partial charge in [0.15, 0.2) is 11.6 Å². The Labute approximate surface area is 173 Å². The molecule has 0 aliphatic carbocycles. The zero-order chi connectivity index (χ0) is 21.1. The lowest BCUT2D eigenvalue weighted by molar-refractivity contribution is -0.132. The number of fused-ring (bicyclic) bond motifs is 1. The van der Waals surface area contributed by atoms with Crippen molar-refractivity contribution in [1.29, 1.82) is 0 Å². The summed E-state index contributed by atoms with van der Waals surface area (Å²) in [6.45, 7) is 2.45. The minimum Gasteiger partial charge on any atom is -0.493 e. The molecule has 1 saturated heterocycles. The topological polar surface area (TPSA) is 61.9 Å². The second kappa shape index (κ2) is 8.69. The summed E-state index contributed by atoms with van der Waals surface area (Å²) in [5.41, 5.74) is 2.47. The summed E-state index contributed by atoms with van der Waals surface area (Å²) in [7, 11) is 0. The van der Waals surface area contributed by atoms with E-state index in [0.29, 0.717) is 50.5 Å². The predicted octanol–water partition coefficient (Wildman–Crippen LogP) is 2.97. The van der Waals surface area contributed by atoms with Crippen molar-refractivity contribution >= 4 is 23.2 Å². The highest BCUT2D eigenvalue weighted by atomic mass is 19.2. The Kier molecular flexibility index (Phi) is 5.83. The van der Waals surface area contributed by atoms with Gasteiger partial charge in [0.05, 0.1) is 13.0 Å². The highest BCUT2D eigenvalue weighted by Crippen LogP contribution is 2.27. The molecule has 2 aliphatic rings. The van der Waals surface area contributed by atoms with E-state index in [9.17, 15) is 18.4 Å². The third kappa shape index (κ3) is 4.53. The van der Waals surface area contributed by atoms with Crippen LogP contribution in [-0.2, 0) is 16.0 Å². The number of hydrogen-bond donors (Lipinski definition) is 1. The van der Waals surface area contributed by atoms with Crippen molar-refractivity contribution in [3.63, 3.8) is 0 Å². The lowest BCUT2D eigenvalue weighted by Crippen LogP contribution is -2.49. The van der Waals surface area contributed by atoms with Crippen LogP contribution in [0.15, 0.2) is 36.4 Å². The molecular formula is C22H23F2N3O3. The van der Waals surface area contributed by atoms with Crippen LogP contribution in [-0.4, -0.2) is 49.5 Å². The molecule has 8 heteroatoms. The van der Waals surface area contributed by atoms with E-state index < -0.39 is 11.6 Å². The molecule has 6 nitrogen and oxygen atoms in total. The van der Waals surface area contributed by atoms with Crippen LogP contribution in [0.3, 0.4) is 0 Å². The number of aryl methyl sites for hydroxylation is 1. The SMILES string of the molecule is O=C1CCc2cc(OCCC(=O)N3CCN(c4ccc(F)c(F)c4)CC3)ccc2N1. The van der Waals surface area contributed by atoms with E-state index in [-0.39, 0.29) is 24.8 Å². The summed E-state index contributed by atoms with van der Waals surface area (Å²) in [5, 5.41) is 2.83. The van der Waals surface area contributed by atoms with Crippen LogP contribution in [0.1, 0.15) is 18.4 Å². The number of halogens is 2. The van der Waals surface area contributed by atoms with Gasteiger partial charge in [-0.15, -0.1) is 0 Å². The van der Waals surface area contributed by atoms with Gasteiger partial charge in [0.2, 0.25) is 11.8 Å². The zero-order valence-corrected chi connectivity index (χ0v) is 16.5. The zero-order valence-electron chi connectivity index (χ0n) is 16.5. The number of carbonyl (C=O) groups is 2. The normalized spacial score (nSPS) is 16.1. The minimum atomic E-state index is -0.868. The van der Waals surface area contributed by atoms with Gasteiger partial charge in [0.25, 0.3) is 0 Å². The lowest BCUT2D eigenvalue weighted by Gasteiger charge is -2.36. The van der Waals surface area contributed by atoms with Crippen molar-refractivity contribution < 1.29 is 23.1 Å². The van der Waals surface area contributed by atoms with Crippen molar-refractivity contribution in [3.05, 3.63) is 53.6 Å². The molecule has 30 heavy (non-hydrogen) atoms. The predicted molar refractivity (Wildman–Crippen MR) is 109 cm³/mol. The fourth-order valence-corrected chi connectivity index (χ4v) is 3.76. The highest BCUT2D eigenvalue weighted by Gasteiger charge is 2.22. The second-order valence-corrected chi connectivity index (χ2v) is 7.43. The van der Waals surface area contributed by atoms with Crippen molar-refractivity contribution in [2.24, 2.45) is 0 Å². The Bertz CT molecular complexity index is 959. The first-order valence-corrected chi connectivity index (χ1v) is 10.0. The van der Waals surface area contributed by atoms with Crippen molar-refractivity contribution in [2.75, 3.05) is 43.0 Å². The van der Waals surface area contributed by atoms with E-state index in [4.69, 9.17) is 4.74 Å². The maximum Gasteiger partial charge on any atom is 0.226 e. The summed E-state index contributed by atoms with van der Waals surface area (Å²) < 4.78 is 32.3. The molecule has 2 heterocycles. The first-order valence-electron chi connectivity index (χ1n) is 10.0. The van der Waals surface area contributed by atoms with Crippen LogP contribution in [0.25, 0.3) is 0 Å². The number of carbonyl (C=O) groups excluding carboxylic acids is 2. The van der Waals surface area contributed by atoms with Crippen molar-refractivity contribution in [2.45, 2.75) is 19.3 Å². The number of anilines is 2. The van der Waals surface area contributed by atoms with Crippen molar-refractivity contribution in [1.82, 2.24) is 4.90 Å². The van der Waals surface area contributed by atoms with Crippen LogP contribution >= 0.6 is 0 Å². The molecule has 0 unspecified atom stereocenters. The Morgan fingerprint density at radius 2 is 1.80 bits per heavy atom. The number of benzene rings is 2. The number of rotatable bonds is 5. The minimum absolute atomic E-state index is 0.00478. The van der Waals surface area contributed by atoms with E-state index in [0.717, 1.165) is 17.3 Å². The summed E-state index contributed by atoms with van der Waals surface area (Å²) in [6.07, 6.45) is 1.41. The molecule has 0 bridgehead atoms. The Hall–Kier alpha value is -3.16. The number of ether oxygens (including phenoxy) is 1. The Morgan fingerprint density at radius 1 is 1.00 bits per heavy atom. The van der Waals surface area contributed by atoms with Crippen LogP contribution in [0.4, 0.5) is 20.2 Å². The second-order valence-electron chi connectivity index (χ2n) is 7.43. The Balaban J connectivity index is 1.23. The lowest BCUT2D eigenvalue weighted by atomic mass is 10.0. The Morgan fingerprint density at radius 3 is 2.57 bits per heavy atom. The number of piperazine rings is 1. The molecular weight excluding hydrogens is 392 g/mol. The molecule has 2 aliphatic heterocycles. The van der Waals surface area contributed by atoms with Crippen LogP contribution < -0.4 is 15.0 Å². The first-order chi connectivity index (χ1) is 14.5. The molecule has 1 N–H and O–H groups in total. The molecule has 0 saturated carbocycles. The largest absolute Gasteiger partial charge is 0.493 e. The molecule has 2 aromatic rings. The van der Waals surface area contributed by atoms with Crippen molar-refractivity contribution in [3.8, 4) is 5.75 Å². The number of nitrogens with zero attached hydrogens (tertiary/aromatic N) is 2. The smallest absolute Gasteiger partial charge is 0.226 e. The summed E-state index contributed by atoms with van der Waals surface area (Å²) in [5.74, 6) is -1.03. The number of hydrogen-bond acceptors (Lipinski definition) is 4. The average molecular weight is 415 g/mol. The quantitative estimate of drug-likeness (QED) is 0.816. The van der Waals surface area contributed by atoms with Gasteiger partial charge in [-0.3, -0.25) is 9.59 Å². The van der Waals surface area contributed by atoms with Gasteiger partial charge >= 0.3 is 0 Å². The van der Waals surface area contributed by atoms with E-state index in [2.05, 4.69) is 5.32 Å². The molecule has 0 atom stereocenters. The molecule has 2 amide bonds. The molecule has 1 fully saturated rings. The van der Waals surface area contributed by atoms with Gasteiger partial charge in [-0.2, -0.15) is 0 Å². The van der Waals surface area contributed by atoms with Gasteiger partial charge in [0.1, 0.15) is 5.75 Å². The number of amides is 2. The van der Waals surface area contributed by atoms with Gasteiger partial charge in [-0.25, -0.2) is 8.78 Å². The van der Waals surface area contributed by atoms with E-state index in [1.807, 2.05) is 17.0 Å². The molecule has 0 spiro atoms. The summed E-state index contributed by atoms with van der Waals surface area (Å²) >= 11 is 0.